The highest BCUT2D eigenvalue weighted by Crippen LogP contribution is 2.39. The Bertz CT molecular complexity index is 1280. The van der Waals surface area contributed by atoms with E-state index in [0.29, 0.717) is 33.8 Å². The Morgan fingerprint density at radius 2 is 1.83 bits per heavy atom. The van der Waals surface area contributed by atoms with E-state index in [4.69, 9.17) is 11.6 Å². The number of rotatable bonds is 4. The molecule has 0 unspecified atom stereocenters. The average molecular weight is 418 g/mol. The van der Waals surface area contributed by atoms with Crippen molar-refractivity contribution >= 4 is 17.2 Å². The minimum atomic E-state index is -0.631. The molecular formula is C24H20ClN3O2. The summed E-state index contributed by atoms with van der Waals surface area (Å²) in [5, 5.41) is 10.1. The van der Waals surface area contributed by atoms with Gasteiger partial charge in [-0.25, -0.2) is 4.79 Å². The Labute approximate surface area is 178 Å². The predicted octanol–water partition coefficient (Wildman–Crippen LogP) is 4.80. The van der Waals surface area contributed by atoms with Gasteiger partial charge in [0.2, 0.25) is 0 Å². The maximum Gasteiger partial charge on any atom is 0.326 e. The van der Waals surface area contributed by atoms with Crippen molar-refractivity contribution in [3.63, 3.8) is 0 Å². The number of nitrogens with zero attached hydrogens (tertiary/aromatic N) is 1. The van der Waals surface area contributed by atoms with Gasteiger partial charge in [-0.05, 0) is 48.4 Å². The zero-order valence-corrected chi connectivity index (χ0v) is 17.1. The number of benzene rings is 2. The molecule has 0 amide bonds. The summed E-state index contributed by atoms with van der Waals surface area (Å²) in [5.41, 5.74) is 3.16. The van der Waals surface area contributed by atoms with Gasteiger partial charge in [0.25, 0.3) is 5.56 Å². The maximum atomic E-state index is 12.7. The molecule has 0 atom stereocenters. The van der Waals surface area contributed by atoms with Crippen molar-refractivity contribution in [3.05, 3.63) is 96.7 Å². The topological polar surface area (TPSA) is 89.5 Å². The molecule has 0 saturated heterocycles. The molecule has 2 aromatic carbocycles. The molecule has 30 heavy (non-hydrogen) atoms. The fraction of sp³-hybridized carbons (Fsp3) is 0.208. The molecule has 1 aliphatic rings. The van der Waals surface area contributed by atoms with E-state index in [1.807, 2.05) is 36.4 Å². The van der Waals surface area contributed by atoms with Crippen LogP contribution in [0.1, 0.15) is 47.9 Å². The molecule has 1 heterocycles. The molecule has 1 aromatic heterocycles. The zero-order valence-electron chi connectivity index (χ0n) is 16.3. The molecule has 3 aromatic rings. The monoisotopic (exact) mass is 417 g/mol. The minimum absolute atomic E-state index is 0.299. The Kier molecular flexibility index (Phi) is 5.69. The molecule has 6 heteroatoms. The quantitative estimate of drug-likeness (QED) is 0.638. The highest BCUT2D eigenvalue weighted by atomic mass is 35.5. The summed E-state index contributed by atoms with van der Waals surface area (Å²) < 4.78 is 0. The molecule has 4 rings (SSSR count). The predicted molar refractivity (Wildman–Crippen MR) is 119 cm³/mol. The summed E-state index contributed by atoms with van der Waals surface area (Å²) in [5.74, 6) is 0. The molecular weight excluding hydrogens is 398 g/mol. The minimum Gasteiger partial charge on any atom is -0.306 e. The molecule has 0 saturated carbocycles. The first-order valence-electron chi connectivity index (χ1n) is 9.90. The Balaban J connectivity index is 1.96. The summed E-state index contributed by atoms with van der Waals surface area (Å²) in [6.07, 6.45) is 6.60. The fourth-order valence-corrected chi connectivity index (χ4v) is 4.32. The van der Waals surface area contributed by atoms with Crippen LogP contribution in [0.3, 0.4) is 0 Å². The van der Waals surface area contributed by atoms with Crippen LogP contribution in [-0.2, 0) is 6.42 Å². The van der Waals surface area contributed by atoms with E-state index in [1.54, 1.807) is 6.07 Å². The van der Waals surface area contributed by atoms with Crippen LogP contribution in [0.5, 0.6) is 0 Å². The molecule has 0 aliphatic heterocycles. The van der Waals surface area contributed by atoms with Crippen LogP contribution in [0.15, 0.2) is 58.1 Å². The first kappa shape index (κ1) is 19.9. The largest absolute Gasteiger partial charge is 0.326 e. The number of nitrogens with one attached hydrogen (secondary N) is 2. The second-order valence-electron chi connectivity index (χ2n) is 7.36. The third-order valence-corrected chi connectivity index (χ3v) is 5.81. The first-order valence-corrected chi connectivity index (χ1v) is 10.3. The third kappa shape index (κ3) is 3.87. The summed E-state index contributed by atoms with van der Waals surface area (Å²) in [6, 6.07) is 15.2. The molecule has 5 nitrogen and oxygen atoms in total. The van der Waals surface area contributed by atoms with Crippen LogP contribution in [0.25, 0.3) is 16.8 Å². The van der Waals surface area contributed by atoms with Gasteiger partial charge in [-0.15, -0.1) is 0 Å². The van der Waals surface area contributed by atoms with Crippen molar-refractivity contribution in [2.24, 2.45) is 0 Å². The van der Waals surface area contributed by atoms with Crippen molar-refractivity contribution in [1.29, 1.82) is 5.26 Å². The highest BCUT2D eigenvalue weighted by molar-refractivity contribution is 6.35. The van der Waals surface area contributed by atoms with Gasteiger partial charge >= 0.3 is 5.69 Å². The van der Waals surface area contributed by atoms with Gasteiger partial charge in [0.1, 0.15) is 0 Å². The average Bonchev–Trinajstić information content (AvgIpc) is 2.76. The van der Waals surface area contributed by atoms with E-state index in [9.17, 15) is 14.9 Å². The maximum absolute atomic E-state index is 12.7. The zero-order chi connectivity index (χ0) is 21.1. The Hall–Kier alpha value is -3.36. The molecule has 150 valence electrons. The Morgan fingerprint density at radius 1 is 1.03 bits per heavy atom. The highest BCUT2D eigenvalue weighted by Gasteiger charge is 2.22. The van der Waals surface area contributed by atoms with Crippen LogP contribution < -0.4 is 11.2 Å². The number of halogens is 1. The number of nitriles is 1. The van der Waals surface area contributed by atoms with Gasteiger partial charge in [-0.1, -0.05) is 54.1 Å². The van der Waals surface area contributed by atoms with Crippen LogP contribution in [0, 0.1) is 11.3 Å². The van der Waals surface area contributed by atoms with E-state index in [0.717, 1.165) is 42.4 Å². The number of hydrogen-bond donors (Lipinski definition) is 2. The number of aromatic nitrogens is 2. The standard InChI is InChI=1S/C24H20ClN3O2/c25-21-18(16-9-5-2-6-10-16)12-11-17(14-26)20(21)22-19(23(29)28-24(30)27-22)13-15-7-3-1-4-8-15/h1,3-4,7-9,11-12H,2,5-6,10,13H2,(H2,27,28,29,30). The van der Waals surface area contributed by atoms with Gasteiger partial charge in [0.15, 0.2) is 0 Å². The lowest BCUT2D eigenvalue weighted by Gasteiger charge is -2.18. The molecule has 1 aliphatic carbocycles. The third-order valence-electron chi connectivity index (χ3n) is 5.41. The van der Waals surface area contributed by atoms with Crippen LogP contribution >= 0.6 is 11.6 Å². The normalized spacial score (nSPS) is 13.5. The van der Waals surface area contributed by atoms with Crippen LogP contribution in [0.2, 0.25) is 5.02 Å². The lowest BCUT2D eigenvalue weighted by atomic mass is 9.89. The number of H-pyrrole nitrogens is 2. The van der Waals surface area contributed by atoms with Crippen molar-refractivity contribution in [1.82, 2.24) is 9.97 Å². The molecule has 0 bridgehead atoms. The van der Waals surface area contributed by atoms with Crippen molar-refractivity contribution in [2.75, 3.05) is 0 Å². The van der Waals surface area contributed by atoms with Crippen molar-refractivity contribution in [3.8, 4) is 17.3 Å². The number of hydrogen-bond acceptors (Lipinski definition) is 3. The molecule has 2 N–H and O–H groups in total. The van der Waals surface area contributed by atoms with Gasteiger partial charge in [0.05, 0.1) is 22.3 Å². The van der Waals surface area contributed by atoms with Crippen molar-refractivity contribution < 1.29 is 0 Å². The van der Waals surface area contributed by atoms with Crippen LogP contribution in [-0.4, -0.2) is 9.97 Å². The lowest BCUT2D eigenvalue weighted by Crippen LogP contribution is -2.27. The summed E-state index contributed by atoms with van der Waals surface area (Å²) in [6.45, 7) is 0. The molecule has 0 radical (unpaired) electrons. The SMILES string of the molecule is N#Cc1ccc(C2=CCCCC2)c(Cl)c1-c1[nH]c(=O)[nH]c(=O)c1Cc1ccccc1. The summed E-state index contributed by atoms with van der Waals surface area (Å²) in [4.78, 5) is 29.9. The molecule has 0 fully saturated rings. The van der Waals surface area contributed by atoms with Gasteiger partial charge in [0, 0.05) is 17.5 Å². The molecule has 0 spiro atoms. The smallest absolute Gasteiger partial charge is 0.306 e. The lowest BCUT2D eigenvalue weighted by molar-refractivity contribution is 0.742. The van der Waals surface area contributed by atoms with Gasteiger partial charge in [-0.3, -0.25) is 9.78 Å². The van der Waals surface area contributed by atoms with E-state index in [-0.39, 0.29) is 0 Å². The second-order valence-corrected chi connectivity index (χ2v) is 7.74. The van der Waals surface area contributed by atoms with E-state index < -0.39 is 11.2 Å². The van der Waals surface area contributed by atoms with Gasteiger partial charge < -0.3 is 4.98 Å². The number of allylic oxidation sites excluding steroid dienone is 2. The van der Waals surface area contributed by atoms with E-state index in [1.165, 1.54) is 0 Å². The first-order chi connectivity index (χ1) is 14.6. The van der Waals surface area contributed by atoms with Gasteiger partial charge in [-0.2, -0.15) is 5.26 Å². The summed E-state index contributed by atoms with van der Waals surface area (Å²) in [7, 11) is 0. The summed E-state index contributed by atoms with van der Waals surface area (Å²) >= 11 is 6.81. The Morgan fingerprint density at radius 3 is 2.53 bits per heavy atom. The fourth-order valence-electron chi connectivity index (χ4n) is 3.94. The second kappa shape index (κ2) is 8.56. The van der Waals surface area contributed by atoms with E-state index >= 15 is 0 Å². The van der Waals surface area contributed by atoms with Crippen LogP contribution in [0.4, 0.5) is 0 Å². The van der Waals surface area contributed by atoms with E-state index in [2.05, 4.69) is 22.1 Å². The van der Waals surface area contributed by atoms with Crippen molar-refractivity contribution in [2.45, 2.75) is 32.1 Å². The number of aromatic amines is 2.